The standard InChI is InChI=1S/C18H21N3O/c1-20-10-15(14-4-2-3-5-16(14)20)17-19-11-18(22-17)12-21-8-6-13(18)7-9-21/h2-5,10,13H,6-9,11-12H2,1H3/t18-/m0/s1. The van der Waals surface area contributed by atoms with Crippen molar-refractivity contribution in [2.75, 3.05) is 26.2 Å². The zero-order valence-corrected chi connectivity index (χ0v) is 13.0. The van der Waals surface area contributed by atoms with Crippen molar-refractivity contribution >= 4 is 16.8 Å². The van der Waals surface area contributed by atoms with E-state index in [0.717, 1.165) is 24.6 Å². The Labute approximate surface area is 130 Å². The molecule has 4 nitrogen and oxygen atoms in total. The molecule has 1 spiro atoms. The van der Waals surface area contributed by atoms with Gasteiger partial charge in [-0.15, -0.1) is 0 Å². The number of hydrogen-bond donors (Lipinski definition) is 0. The first-order valence-corrected chi connectivity index (χ1v) is 8.25. The molecule has 4 aliphatic heterocycles. The van der Waals surface area contributed by atoms with Crippen LogP contribution in [-0.4, -0.2) is 47.1 Å². The number of para-hydroxylation sites is 1. The summed E-state index contributed by atoms with van der Waals surface area (Å²) >= 11 is 0. The molecule has 5 heterocycles. The quantitative estimate of drug-likeness (QED) is 0.808. The molecule has 4 heteroatoms. The molecule has 4 aliphatic rings. The summed E-state index contributed by atoms with van der Waals surface area (Å²) in [6, 6.07) is 8.49. The molecule has 2 bridgehead atoms. The fourth-order valence-electron chi connectivity index (χ4n) is 4.53. The van der Waals surface area contributed by atoms with E-state index in [1.54, 1.807) is 0 Å². The third-order valence-electron chi connectivity index (χ3n) is 5.74. The summed E-state index contributed by atoms with van der Waals surface area (Å²) in [5.41, 5.74) is 2.33. The number of hydrogen-bond acceptors (Lipinski definition) is 3. The van der Waals surface area contributed by atoms with Gasteiger partial charge in [-0.05, 0) is 32.0 Å². The molecule has 0 amide bonds. The third kappa shape index (κ3) is 1.64. The summed E-state index contributed by atoms with van der Waals surface area (Å²) in [5, 5.41) is 1.24. The molecule has 0 saturated carbocycles. The Morgan fingerprint density at radius 1 is 1.23 bits per heavy atom. The van der Waals surface area contributed by atoms with Gasteiger partial charge in [0.05, 0.1) is 12.1 Å². The van der Waals surface area contributed by atoms with E-state index < -0.39 is 0 Å². The highest BCUT2D eigenvalue weighted by Crippen LogP contribution is 2.42. The van der Waals surface area contributed by atoms with Gasteiger partial charge in [0, 0.05) is 36.6 Å². The van der Waals surface area contributed by atoms with E-state index in [1.807, 2.05) is 0 Å². The first-order valence-electron chi connectivity index (χ1n) is 8.25. The predicted octanol–water partition coefficient (Wildman–Crippen LogP) is 2.42. The number of aromatic nitrogens is 1. The van der Waals surface area contributed by atoms with Crippen LogP contribution in [0, 0.1) is 5.92 Å². The maximum absolute atomic E-state index is 6.53. The van der Waals surface area contributed by atoms with Gasteiger partial charge in [0.25, 0.3) is 0 Å². The number of piperidine rings is 3. The van der Waals surface area contributed by atoms with Crippen LogP contribution in [0.15, 0.2) is 35.5 Å². The van der Waals surface area contributed by atoms with E-state index in [1.165, 1.54) is 36.8 Å². The molecule has 3 saturated heterocycles. The molecule has 1 aromatic carbocycles. The fourth-order valence-corrected chi connectivity index (χ4v) is 4.53. The highest BCUT2D eigenvalue weighted by Gasteiger charge is 2.51. The van der Waals surface area contributed by atoms with E-state index in [0.29, 0.717) is 5.92 Å². The summed E-state index contributed by atoms with van der Waals surface area (Å²) in [7, 11) is 2.09. The van der Waals surface area contributed by atoms with E-state index in [9.17, 15) is 0 Å². The Bertz CT molecular complexity index is 770. The van der Waals surface area contributed by atoms with Gasteiger partial charge in [-0.2, -0.15) is 0 Å². The van der Waals surface area contributed by atoms with Crippen LogP contribution >= 0.6 is 0 Å². The van der Waals surface area contributed by atoms with E-state index in [2.05, 4.69) is 47.0 Å². The molecule has 1 aromatic heterocycles. The molecule has 0 N–H and O–H groups in total. The van der Waals surface area contributed by atoms with E-state index >= 15 is 0 Å². The Kier molecular flexibility index (Phi) is 2.51. The largest absolute Gasteiger partial charge is 0.467 e. The van der Waals surface area contributed by atoms with Crippen LogP contribution < -0.4 is 0 Å². The molecule has 22 heavy (non-hydrogen) atoms. The van der Waals surface area contributed by atoms with Crippen LogP contribution in [-0.2, 0) is 11.8 Å². The summed E-state index contributed by atoms with van der Waals surface area (Å²) < 4.78 is 8.69. The molecule has 0 aliphatic carbocycles. The molecule has 0 unspecified atom stereocenters. The monoisotopic (exact) mass is 295 g/mol. The lowest BCUT2D eigenvalue weighted by atomic mass is 9.75. The Morgan fingerprint density at radius 3 is 2.82 bits per heavy atom. The second-order valence-electron chi connectivity index (χ2n) is 7.01. The topological polar surface area (TPSA) is 29.8 Å². The smallest absolute Gasteiger partial charge is 0.219 e. The number of benzene rings is 1. The Morgan fingerprint density at radius 2 is 2.05 bits per heavy atom. The fraction of sp³-hybridized carbons (Fsp3) is 0.500. The minimum atomic E-state index is -0.0528. The number of aryl methyl sites for hydroxylation is 1. The van der Waals surface area contributed by atoms with Crippen molar-refractivity contribution < 1.29 is 4.74 Å². The second-order valence-corrected chi connectivity index (χ2v) is 7.01. The maximum atomic E-state index is 6.53. The molecule has 114 valence electrons. The number of fused-ring (bicyclic) bond motifs is 3. The van der Waals surface area contributed by atoms with Crippen LogP contribution in [0.4, 0.5) is 0 Å². The lowest BCUT2D eigenvalue weighted by Crippen LogP contribution is -2.60. The average molecular weight is 295 g/mol. The highest BCUT2D eigenvalue weighted by atomic mass is 16.5. The van der Waals surface area contributed by atoms with Crippen molar-refractivity contribution in [2.24, 2.45) is 18.0 Å². The van der Waals surface area contributed by atoms with Crippen molar-refractivity contribution in [3.63, 3.8) is 0 Å². The van der Waals surface area contributed by atoms with Gasteiger partial charge in [-0.3, -0.25) is 4.90 Å². The van der Waals surface area contributed by atoms with E-state index in [-0.39, 0.29) is 5.60 Å². The van der Waals surface area contributed by atoms with Gasteiger partial charge in [-0.25, -0.2) is 4.99 Å². The van der Waals surface area contributed by atoms with Gasteiger partial charge in [0.1, 0.15) is 5.60 Å². The number of rotatable bonds is 1. The zero-order chi connectivity index (χ0) is 14.7. The Hall–Kier alpha value is -1.81. The summed E-state index contributed by atoms with van der Waals surface area (Å²) in [5.74, 6) is 1.53. The maximum Gasteiger partial charge on any atom is 0.219 e. The average Bonchev–Trinajstić information content (AvgIpc) is 3.11. The molecule has 0 radical (unpaired) electrons. The number of nitrogens with zero attached hydrogens (tertiary/aromatic N) is 3. The van der Waals surface area contributed by atoms with Crippen LogP contribution in [0.2, 0.25) is 0 Å². The highest BCUT2D eigenvalue weighted by molar-refractivity contribution is 6.07. The SMILES string of the molecule is Cn1cc(C2=NC[C@@]3(CN4CCC3CC4)O2)c2ccccc21. The summed E-state index contributed by atoms with van der Waals surface area (Å²) in [6.45, 7) is 4.35. The van der Waals surface area contributed by atoms with Crippen molar-refractivity contribution in [3.8, 4) is 0 Å². The second kappa shape index (κ2) is 4.35. The first kappa shape index (κ1) is 12.7. The van der Waals surface area contributed by atoms with Crippen molar-refractivity contribution in [3.05, 3.63) is 36.0 Å². The van der Waals surface area contributed by atoms with Gasteiger partial charge in [0.15, 0.2) is 0 Å². The number of aliphatic imine (C=N–C) groups is 1. The van der Waals surface area contributed by atoms with Crippen molar-refractivity contribution in [2.45, 2.75) is 18.4 Å². The lowest BCUT2D eigenvalue weighted by Gasteiger charge is -2.50. The minimum absolute atomic E-state index is 0.0528. The summed E-state index contributed by atoms with van der Waals surface area (Å²) in [6.07, 6.45) is 4.68. The molecular formula is C18H21N3O. The third-order valence-corrected chi connectivity index (χ3v) is 5.74. The van der Waals surface area contributed by atoms with Crippen molar-refractivity contribution in [1.82, 2.24) is 9.47 Å². The lowest BCUT2D eigenvalue weighted by molar-refractivity contribution is -0.0825. The summed E-state index contributed by atoms with van der Waals surface area (Å²) in [4.78, 5) is 7.36. The number of ether oxygens (including phenoxy) is 1. The van der Waals surface area contributed by atoms with Crippen molar-refractivity contribution in [1.29, 1.82) is 0 Å². The van der Waals surface area contributed by atoms with Gasteiger partial charge in [-0.1, -0.05) is 18.2 Å². The molecule has 6 rings (SSSR count). The van der Waals surface area contributed by atoms with Gasteiger partial charge < -0.3 is 9.30 Å². The Balaban J connectivity index is 1.52. The zero-order valence-electron chi connectivity index (χ0n) is 13.0. The molecule has 3 fully saturated rings. The minimum Gasteiger partial charge on any atom is -0.467 e. The first-order chi connectivity index (χ1) is 10.8. The molecular weight excluding hydrogens is 274 g/mol. The van der Waals surface area contributed by atoms with Crippen LogP contribution in [0.25, 0.3) is 10.9 Å². The van der Waals surface area contributed by atoms with Gasteiger partial charge >= 0.3 is 0 Å². The van der Waals surface area contributed by atoms with Crippen LogP contribution in [0.5, 0.6) is 0 Å². The normalized spacial score (nSPS) is 33.4. The van der Waals surface area contributed by atoms with Gasteiger partial charge in [0.2, 0.25) is 5.90 Å². The van der Waals surface area contributed by atoms with E-state index in [4.69, 9.17) is 9.73 Å². The van der Waals surface area contributed by atoms with Crippen LogP contribution in [0.3, 0.4) is 0 Å². The molecule has 2 aromatic rings. The molecule has 1 atom stereocenters. The van der Waals surface area contributed by atoms with Crippen LogP contribution in [0.1, 0.15) is 18.4 Å². The predicted molar refractivity (Wildman–Crippen MR) is 87.3 cm³/mol.